The van der Waals surface area contributed by atoms with Crippen molar-refractivity contribution in [1.29, 1.82) is 0 Å². The number of benzene rings is 1. The van der Waals surface area contributed by atoms with Crippen molar-refractivity contribution >= 4 is 11.4 Å². The summed E-state index contributed by atoms with van der Waals surface area (Å²) in [6, 6.07) is 8.23. The van der Waals surface area contributed by atoms with Gasteiger partial charge in [-0.25, -0.2) is 0 Å². The first-order valence-corrected chi connectivity index (χ1v) is 4.97. The maximum Gasteiger partial charge on any atom is 0.137 e. The van der Waals surface area contributed by atoms with E-state index in [1.807, 2.05) is 12.1 Å². The lowest BCUT2D eigenvalue weighted by Crippen LogP contribution is -2.18. The summed E-state index contributed by atoms with van der Waals surface area (Å²) in [5.74, 6) is 0.286. The summed E-state index contributed by atoms with van der Waals surface area (Å²) in [5, 5.41) is 0. The second-order valence-corrected chi connectivity index (χ2v) is 3.88. The molecular weight excluding hydrogens is 172 g/mol. The van der Waals surface area contributed by atoms with Crippen LogP contribution in [-0.4, -0.2) is 5.78 Å². The van der Waals surface area contributed by atoms with Gasteiger partial charge in [0.25, 0.3) is 0 Å². The van der Waals surface area contributed by atoms with Crippen molar-refractivity contribution in [2.45, 2.75) is 19.8 Å². The minimum absolute atomic E-state index is 0.0462. The Hall–Kier alpha value is -1.37. The molecule has 1 unspecified atom stereocenters. The Morgan fingerprint density at radius 3 is 2.86 bits per heavy atom. The number of hydrogen-bond acceptors (Lipinski definition) is 1. The Morgan fingerprint density at radius 2 is 2.14 bits per heavy atom. The number of rotatable bonds is 1. The first-order valence-electron chi connectivity index (χ1n) is 4.97. The molecule has 1 atom stereocenters. The molecule has 1 nitrogen and oxygen atoms in total. The first-order chi connectivity index (χ1) is 6.70. The zero-order valence-electron chi connectivity index (χ0n) is 8.42. The molecule has 0 spiro atoms. The molecule has 0 radical (unpaired) electrons. The van der Waals surface area contributed by atoms with Gasteiger partial charge in [-0.3, -0.25) is 4.79 Å². The van der Waals surface area contributed by atoms with Crippen LogP contribution < -0.4 is 0 Å². The molecule has 0 saturated heterocycles. The Balaban J connectivity index is 2.41. The van der Waals surface area contributed by atoms with Crippen LogP contribution in [0.1, 0.15) is 24.5 Å². The Kier molecular flexibility index (Phi) is 2.24. The van der Waals surface area contributed by atoms with E-state index in [0.29, 0.717) is 0 Å². The molecule has 1 aliphatic carbocycles. The summed E-state index contributed by atoms with van der Waals surface area (Å²) in [6.45, 7) is 5.69. The Labute approximate surface area is 84.5 Å². The van der Waals surface area contributed by atoms with Crippen molar-refractivity contribution in [2.24, 2.45) is 5.92 Å². The van der Waals surface area contributed by atoms with Gasteiger partial charge in [0, 0.05) is 5.92 Å². The van der Waals surface area contributed by atoms with Gasteiger partial charge in [-0.2, -0.15) is 0 Å². The van der Waals surface area contributed by atoms with Crippen LogP contribution in [0.5, 0.6) is 0 Å². The maximum absolute atomic E-state index is 11.4. The number of Topliss-reactive ketones (excluding diaryl/α,β-unsaturated/α-hetero) is 1. The summed E-state index contributed by atoms with van der Waals surface area (Å²) in [6.07, 6.45) is 1.92. The highest BCUT2D eigenvalue weighted by atomic mass is 16.1. The van der Waals surface area contributed by atoms with E-state index in [4.69, 9.17) is 0 Å². The van der Waals surface area contributed by atoms with Gasteiger partial charge in [0.2, 0.25) is 0 Å². The number of ketones is 1. The highest BCUT2D eigenvalue weighted by Gasteiger charge is 2.24. The van der Waals surface area contributed by atoms with Gasteiger partial charge < -0.3 is 0 Å². The predicted molar refractivity (Wildman–Crippen MR) is 58.0 cm³/mol. The molecule has 0 saturated carbocycles. The molecule has 1 heteroatoms. The molecule has 0 heterocycles. The minimum atomic E-state index is 0.0462. The van der Waals surface area contributed by atoms with Crippen LogP contribution in [-0.2, 0) is 11.2 Å². The molecule has 1 aromatic rings. The molecule has 0 fully saturated rings. The van der Waals surface area contributed by atoms with Crippen molar-refractivity contribution in [1.82, 2.24) is 0 Å². The van der Waals surface area contributed by atoms with Gasteiger partial charge >= 0.3 is 0 Å². The average Bonchev–Trinajstić information content (AvgIpc) is 2.18. The van der Waals surface area contributed by atoms with Crippen LogP contribution in [0.25, 0.3) is 5.57 Å². The summed E-state index contributed by atoms with van der Waals surface area (Å²) in [4.78, 5) is 11.4. The lowest BCUT2D eigenvalue weighted by atomic mass is 9.79. The number of carbonyl (C=O) groups is 1. The third-order valence-corrected chi connectivity index (χ3v) is 2.98. The number of aryl methyl sites for hydroxylation is 1. The fraction of sp³-hybridized carbons (Fsp3) is 0.308. The number of carbonyl (C=O) groups excluding carboxylic acids is 1. The van der Waals surface area contributed by atoms with Gasteiger partial charge in [0.15, 0.2) is 0 Å². The van der Waals surface area contributed by atoms with E-state index in [1.165, 1.54) is 11.1 Å². The molecule has 2 rings (SSSR count). The van der Waals surface area contributed by atoms with E-state index in [9.17, 15) is 4.79 Å². The minimum Gasteiger partial charge on any atom is -0.299 e. The quantitative estimate of drug-likeness (QED) is 0.659. The Morgan fingerprint density at radius 1 is 1.43 bits per heavy atom. The zero-order chi connectivity index (χ0) is 10.1. The van der Waals surface area contributed by atoms with Crippen molar-refractivity contribution < 1.29 is 4.79 Å². The van der Waals surface area contributed by atoms with E-state index < -0.39 is 0 Å². The van der Waals surface area contributed by atoms with E-state index in [-0.39, 0.29) is 11.7 Å². The summed E-state index contributed by atoms with van der Waals surface area (Å²) in [7, 11) is 0. The van der Waals surface area contributed by atoms with Gasteiger partial charge in [0.05, 0.1) is 0 Å². The second-order valence-electron chi connectivity index (χ2n) is 3.88. The highest BCUT2D eigenvalue weighted by Crippen LogP contribution is 2.34. The molecule has 14 heavy (non-hydrogen) atoms. The van der Waals surface area contributed by atoms with Crippen molar-refractivity contribution in [2.75, 3.05) is 0 Å². The molecule has 0 aliphatic heterocycles. The van der Waals surface area contributed by atoms with E-state index in [2.05, 4.69) is 18.7 Å². The number of allylic oxidation sites excluding steroid dienone is 1. The third-order valence-electron chi connectivity index (χ3n) is 2.98. The molecule has 0 aromatic heterocycles. The van der Waals surface area contributed by atoms with E-state index in [0.717, 1.165) is 18.4 Å². The maximum atomic E-state index is 11.4. The number of fused-ring (bicyclic) bond motifs is 1. The van der Waals surface area contributed by atoms with Crippen LogP contribution >= 0.6 is 0 Å². The second kappa shape index (κ2) is 3.41. The SMILES string of the molecule is C=C1c2ccccc2CCC1C(C)=O. The van der Waals surface area contributed by atoms with Crippen LogP contribution in [0.3, 0.4) is 0 Å². The molecule has 0 bridgehead atoms. The third kappa shape index (κ3) is 1.39. The van der Waals surface area contributed by atoms with Crippen LogP contribution in [0.2, 0.25) is 0 Å². The molecule has 72 valence electrons. The number of hydrogen-bond donors (Lipinski definition) is 0. The summed E-state index contributed by atoms with van der Waals surface area (Å²) >= 11 is 0. The topological polar surface area (TPSA) is 17.1 Å². The summed E-state index contributed by atoms with van der Waals surface area (Å²) in [5.41, 5.74) is 3.51. The fourth-order valence-electron chi connectivity index (χ4n) is 2.16. The average molecular weight is 186 g/mol. The van der Waals surface area contributed by atoms with Gasteiger partial charge in [-0.05, 0) is 36.5 Å². The van der Waals surface area contributed by atoms with Crippen LogP contribution in [0.15, 0.2) is 30.8 Å². The van der Waals surface area contributed by atoms with Crippen LogP contribution in [0.4, 0.5) is 0 Å². The van der Waals surface area contributed by atoms with E-state index in [1.54, 1.807) is 6.92 Å². The normalized spacial score (nSPS) is 20.4. The largest absolute Gasteiger partial charge is 0.299 e. The molecule has 0 amide bonds. The van der Waals surface area contributed by atoms with Crippen LogP contribution in [0, 0.1) is 5.92 Å². The Bertz CT molecular complexity index is 390. The van der Waals surface area contributed by atoms with Gasteiger partial charge in [-0.1, -0.05) is 30.8 Å². The zero-order valence-corrected chi connectivity index (χ0v) is 8.42. The lowest BCUT2D eigenvalue weighted by Gasteiger charge is -2.25. The fourth-order valence-corrected chi connectivity index (χ4v) is 2.16. The molecule has 1 aliphatic rings. The standard InChI is InChI=1S/C13H14O/c1-9-12(10(2)14)8-7-11-5-3-4-6-13(9)11/h3-6,12H,1,7-8H2,2H3. The predicted octanol–water partition coefficient (Wildman–Crippen LogP) is 2.85. The highest BCUT2D eigenvalue weighted by molar-refractivity contribution is 5.92. The van der Waals surface area contributed by atoms with Gasteiger partial charge in [-0.15, -0.1) is 0 Å². The first kappa shape index (κ1) is 9.20. The monoisotopic (exact) mass is 186 g/mol. The van der Waals surface area contributed by atoms with Crippen molar-refractivity contribution in [3.63, 3.8) is 0 Å². The molecule has 0 N–H and O–H groups in total. The van der Waals surface area contributed by atoms with Gasteiger partial charge in [0.1, 0.15) is 5.78 Å². The van der Waals surface area contributed by atoms with E-state index >= 15 is 0 Å². The lowest BCUT2D eigenvalue weighted by molar-refractivity contribution is -0.119. The summed E-state index contributed by atoms with van der Waals surface area (Å²) < 4.78 is 0. The van der Waals surface area contributed by atoms with Crippen molar-refractivity contribution in [3.05, 3.63) is 42.0 Å². The smallest absolute Gasteiger partial charge is 0.137 e. The molecule has 1 aromatic carbocycles. The van der Waals surface area contributed by atoms with Crippen molar-refractivity contribution in [3.8, 4) is 0 Å². The molecular formula is C13H14O.